The monoisotopic (exact) mass is 929 g/mol. The van der Waals surface area contributed by atoms with Crippen LogP contribution in [0.15, 0.2) is 249 Å². The second-order valence-electron chi connectivity index (χ2n) is 20.7. The molecular weight excluding hydrogens is 883 g/mol. The molecule has 1 spiro atoms. The molecule has 16 rings (SSSR count). The molecule has 3 aliphatic carbocycles. The molecule has 11 aromatic carbocycles. The number of anilines is 3. The van der Waals surface area contributed by atoms with Crippen LogP contribution in [0.3, 0.4) is 0 Å². The number of hydrogen-bond acceptors (Lipinski definition) is 1. The van der Waals surface area contributed by atoms with E-state index in [9.17, 15) is 0 Å². The molecule has 2 aromatic heterocycles. The molecule has 0 aliphatic heterocycles. The SMILES string of the molecule is CC1(C)c2ccccc2-c2ccc(-n3c4ccccc4c4cc(N(c5cccc6c5-c5ccccc5C65c6ccccc6-c6ccccc65)c5cccc6c5c5ccccc5n6-c5ccccc5)ccc43)cc21. The smallest absolute Gasteiger partial charge is 0.0726 e. The van der Waals surface area contributed by atoms with Gasteiger partial charge < -0.3 is 14.0 Å². The van der Waals surface area contributed by atoms with E-state index < -0.39 is 5.41 Å². The van der Waals surface area contributed by atoms with Gasteiger partial charge in [0.2, 0.25) is 0 Å². The largest absolute Gasteiger partial charge is 0.309 e. The van der Waals surface area contributed by atoms with Gasteiger partial charge in [0, 0.05) is 49.6 Å². The van der Waals surface area contributed by atoms with Gasteiger partial charge in [-0.1, -0.05) is 190 Å². The van der Waals surface area contributed by atoms with E-state index >= 15 is 0 Å². The van der Waals surface area contributed by atoms with E-state index in [2.05, 4.69) is 277 Å². The van der Waals surface area contributed by atoms with Crippen molar-refractivity contribution in [3.8, 4) is 44.8 Å². The minimum absolute atomic E-state index is 0.116. The lowest BCUT2D eigenvalue weighted by Gasteiger charge is -2.32. The van der Waals surface area contributed by atoms with Crippen LogP contribution in [0, 0.1) is 0 Å². The highest BCUT2D eigenvalue weighted by Crippen LogP contribution is 2.65. The normalized spacial score (nSPS) is 14.1. The van der Waals surface area contributed by atoms with Crippen LogP contribution in [0.5, 0.6) is 0 Å². The number of fused-ring (bicyclic) bond motifs is 19. The van der Waals surface area contributed by atoms with Gasteiger partial charge in [-0.3, -0.25) is 0 Å². The third-order valence-electron chi connectivity index (χ3n) is 16.9. The average molecular weight is 930 g/mol. The zero-order valence-corrected chi connectivity index (χ0v) is 40.5. The molecule has 2 heterocycles. The topological polar surface area (TPSA) is 13.1 Å². The van der Waals surface area contributed by atoms with Crippen molar-refractivity contribution in [2.75, 3.05) is 4.90 Å². The van der Waals surface area contributed by atoms with E-state index in [0.717, 1.165) is 28.3 Å². The van der Waals surface area contributed by atoms with Crippen molar-refractivity contribution in [3.63, 3.8) is 0 Å². The van der Waals surface area contributed by atoms with E-state index in [4.69, 9.17) is 0 Å². The standard InChI is InChI=1S/C70H47N3/c1-69(2)55-28-12-6-22-47(55)50-40-38-46(43-60(50)69)72-61-33-16-10-25-51(61)54-42-45(39-41-63(54)72)73(66-37-19-36-65-68(66)53-27-11-17-34-62(53)71(65)44-20-4-3-5-21-44)64-35-18-32-59-67(64)52-26-9-15-31-58(52)70(59)56-29-13-7-23-48(56)49-24-8-14-30-57(49)70/h3-43H,1-2H3. The van der Waals surface area contributed by atoms with E-state index in [-0.39, 0.29) is 5.41 Å². The van der Waals surface area contributed by atoms with Crippen molar-refractivity contribution in [2.45, 2.75) is 24.7 Å². The van der Waals surface area contributed by atoms with Crippen molar-refractivity contribution in [1.29, 1.82) is 0 Å². The summed E-state index contributed by atoms with van der Waals surface area (Å²) in [5.41, 5.74) is 25.7. The fraction of sp³-hybridized carbons (Fsp3) is 0.0571. The van der Waals surface area contributed by atoms with Crippen LogP contribution in [-0.4, -0.2) is 9.13 Å². The average Bonchev–Trinajstić information content (AvgIpc) is 4.21. The highest BCUT2D eigenvalue weighted by molar-refractivity contribution is 6.18. The molecule has 0 fully saturated rings. The van der Waals surface area contributed by atoms with Crippen molar-refractivity contribution in [2.24, 2.45) is 0 Å². The fourth-order valence-electron chi connectivity index (χ4n) is 14.0. The Morgan fingerprint density at radius 3 is 1.56 bits per heavy atom. The summed E-state index contributed by atoms with van der Waals surface area (Å²) in [5, 5.41) is 4.86. The first-order valence-corrected chi connectivity index (χ1v) is 25.6. The molecule has 0 bridgehead atoms. The zero-order chi connectivity index (χ0) is 48.2. The minimum Gasteiger partial charge on any atom is -0.309 e. The van der Waals surface area contributed by atoms with Crippen LogP contribution < -0.4 is 4.90 Å². The Hall–Kier alpha value is -9.18. The molecule has 0 atom stereocenters. The number of aromatic nitrogens is 2. The molecule has 0 amide bonds. The van der Waals surface area contributed by atoms with Gasteiger partial charge in [0.25, 0.3) is 0 Å². The molecule has 13 aromatic rings. The maximum Gasteiger partial charge on any atom is 0.0726 e. The van der Waals surface area contributed by atoms with E-state index in [0.29, 0.717) is 0 Å². The zero-order valence-electron chi connectivity index (χ0n) is 40.5. The summed E-state index contributed by atoms with van der Waals surface area (Å²) in [6.07, 6.45) is 0. The van der Waals surface area contributed by atoms with Crippen molar-refractivity contribution >= 4 is 60.7 Å². The lowest BCUT2D eigenvalue weighted by atomic mass is 9.70. The third kappa shape index (κ3) is 5.23. The van der Waals surface area contributed by atoms with Crippen LogP contribution in [0.2, 0.25) is 0 Å². The van der Waals surface area contributed by atoms with E-state index in [1.165, 1.54) is 111 Å². The lowest BCUT2D eigenvalue weighted by molar-refractivity contribution is 0.660. The highest BCUT2D eigenvalue weighted by atomic mass is 15.2. The maximum atomic E-state index is 2.59. The highest BCUT2D eigenvalue weighted by Gasteiger charge is 2.52. The molecular formula is C70H47N3. The fourth-order valence-corrected chi connectivity index (χ4v) is 14.0. The quantitative estimate of drug-likeness (QED) is 0.168. The van der Waals surface area contributed by atoms with Gasteiger partial charge in [0.1, 0.15) is 0 Å². The summed E-state index contributed by atoms with van der Waals surface area (Å²) < 4.78 is 4.92. The first kappa shape index (κ1) is 40.5. The van der Waals surface area contributed by atoms with Gasteiger partial charge in [-0.25, -0.2) is 0 Å². The molecule has 3 aliphatic rings. The summed E-state index contributed by atoms with van der Waals surface area (Å²) in [7, 11) is 0. The summed E-state index contributed by atoms with van der Waals surface area (Å²) in [6.45, 7) is 4.74. The summed E-state index contributed by atoms with van der Waals surface area (Å²) in [4.78, 5) is 2.59. The van der Waals surface area contributed by atoms with E-state index in [1.807, 2.05) is 0 Å². The van der Waals surface area contributed by atoms with Gasteiger partial charge in [0.05, 0.1) is 38.9 Å². The molecule has 3 heteroatoms. The Balaban J connectivity index is 0.993. The van der Waals surface area contributed by atoms with Crippen LogP contribution >= 0.6 is 0 Å². The number of nitrogens with zero attached hydrogens (tertiary/aromatic N) is 3. The van der Waals surface area contributed by atoms with Crippen molar-refractivity contribution in [3.05, 3.63) is 282 Å². The second-order valence-corrected chi connectivity index (χ2v) is 20.7. The molecule has 0 saturated carbocycles. The van der Waals surface area contributed by atoms with Crippen LogP contribution in [0.4, 0.5) is 17.1 Å². The molecule has 0 unspecified atom stereocenters. The molecule has 3 nitrogen and oxygen atoms in total. The Kier molecular flexibility index (Phi) is 8.16. The minimum atomic E-state index is -0.487. The molecule has 0 N–H and O–H groups in total. The lowest BCUT2D eigenvalue weighted by Crippen LogP contribution is -2.26. The van der Waals surface area contributed by atoms with Crippen LogP contribution in [-0.2, 0) is 10.8 Å². The first-order valence-electron chi connectivity index (χ1n) is 25.6. The number of para-hydroxylation sites is 3. The summed E-state index contributed by atoms with van der Waals surface area (Å²) in [6, 6.07) is 93.4. The summed E-state index contributed by atoms with van der Waals surface area (Å²) >= 11 is 0. The van der Waals surface area contributed by atoms with Gasteiger partial charge in [0.15, 0.2) is 0 Å². The maximum absolute atomic E-state index is 2.59. The Labute approximate surface area is 424 Å². The molecule has 0 saturated heterocycles. The Morgan fingerprint density at radius 1 is 0.315 bits per heavy atom. The Morgan fingerprint density at radius 2 is 0.822 bits per heavy atom. The van der Waals surface area contributed by atoms with Gasteiger partial charge in [-0.2, -0.15) is 0 Å². The van der Waals surface area contributed by atoms with Crippen LogP contribution in [0.25, 0.3) is 88.4 Å². The molecule has 342 valence electrons. The first-order chi connectivity index (χ1) is 36.0. The van der Waals surface area contributed by atoms with Crippen molar-refractivity contribution < 1.29 is 0 Å². The second kappa shape index (κ2) is 14.7. The molecule has 73 heavy (non-hydrogen) atoms. The van der Waals surface area contributed by atoms with Gasteiger partial charge >= 0.3 is 0 Å². The number of rotatable bonds is 5. The number of hydrogen-bond donors (Lipinski definition) is 0. The van der Waals surface area contributed by atoms with Crippen LogP contribution in [0.1, 0.15) is 47.2 Å². The third-order valence-corrected chi connectivity index (χ3v) is 16.9. The van der Waals surface area contributed by atoms with E-state index in [1.54, 1.807) is 0 Å². The van der Waals surface area contributed by atoms with Gasteiger partial charge in [-0.05, 0) is 134 Å². The molecule has 0 radical (unpaired) electrons. The van der Waals surface area contributed by atoms with Gasteiger partial charge in [-0.15, -0.1) is 0 Å². The van der Waals surface area contributed by atoms with Crippen molar-refractivity contribution in [1.82, 2.24) is 9.13 Å². The Bertz CT molecular complexity index is 4440. The predicted octanol–water partition coefficient (Wildman–Crippen LogP) is 18.0. The summed E-state index contributed by atoms with van der Waals surface area (Å²) in [5.74, 6) is 0. The number of benzene rings is 11. The predicted molar refractivity (Wildman–Crippen MR) is 304 cm³/mol.